The van der Waals surface area contributed by atoms with Crippen LogP contribution in [0, 0.1) is 6.92 Å². The van der Waals surface area contributed by atoms with E-state index in [0.717, 1.165) is 21.4 Å². The van der Waals surface area contributed by atoms with Gasteiger partial charge in [0.25, 0.3) is 5.91 Å². The largest absolute Gasteiger partial charge is 0.506 e. The van der Waals surface area contributed by atoms with Crippen molar-refractivity contribution >= 4 is 50.5 Å². The van der Waals surface area contributed by atoms with Crippen molar-refractivity contribution in [3.63, 3.8) is 0 Å². The molecule has 1 aliphatic heterocycles. The summed E-state index contributed by atoms with van der Waals surface area (Å²) in [7, 11) is 0. The lowest BCUT2D eigenvalue weighted by atomic mass is 10.2. The quantitative estimate of drug-likeness (QED) is 0.503. The van der Waals surface area contributed by atoms with Gasteiger partial charge in [-0.2, -0.15) is 0 Å². The highest BCUT2D eigenvalue weighted by molar-refractivity contribution is 9.10. The molecular formula is C21H15BrN2O3S. The molecule has 1 amide bonds. The number of hydrogen-bond acceptors (Lipinski definition) is 5. The van der Waals surface area contributed by atoms with Crippen molar-refractivity contribution in [3.8, 4) is 17.1 Å². The topological polar surface area (TPSA) is 74.8 Å². The van der Waals surface area contributed by atoms with E-state index in [9.17, 15) is 9.90 Å². The smallest absolute Gasteiger partial charge is 0.264 e. The average molecular weight is 455 g/mol. The molecule has 2 heterocycles. The van der Waals surface area contributed by atoms with Gasteiger partial charge in [-0.1, -0.05) is 34.1 Å². The van der Waals surface area contributed by atoms with Crippen LogP contribution in [0.15, 0.2) is 73.4 Å². The van der Waals surface area contributed by atoms with Gasteiger partial charge in [-0.05, 0) is 60.6 Å². The number of aromatic hydroxyl groups is 1. The second kappa shape index (κ2) is 7.69. The molecule has 0 radical (unpaired) electrons. The third-order valence-electron chi connectivity index (χ3n) is 4.03. The van der Waals surface area contributed by atoms with E-state index in [2.05, 4.69) is 26.2 Å². The monoisotopic (exact) mass is 454 g/mol. The molecule has 28 heavy (non-hydrogen) atoms. The number of thioether (sulfide) groups is 1. The minimum absolute atomic E-state index is 0.0653. The van der Waals surface area contributed by atoms with Gasteiger partial charge >= 0.3 is 0 Å². The fourth-order valence-corrected chi connectivity index (χ4v) is 3.72. The fraction of sp³-hybridized carbons (Fsp3) is 0.0476. The number of halogens is 1. The summed E-state index contributed by atoms with van der Waals surface area (Å²) in [5, 5.41) is 13.1. The Hall–Kier alpha value is -2.77. The highest BCUT2D eigenvalue weighted by atomic mass is 79.9. The Morgan fingerprint density at radius 3 is 2.71 bits per heavy atom. The third-order valence-corrected chi connectivity index (χ3v) is 5.47. The van der Waals surface area contributed by atoms with E-state index in [1.807, 2.05) is 43.3 Å². The highest BCUT2D eigenvalue weighted by Crippen LogP contribution is 2.33. The van der Waals surface area contributed by atoms with Crippen molar-refractivity contribution in [1.82, 2.24) is 5.32 Å². The summed E-state index contributed by atoms with van der Waals surface area (Å²) in [4.78, 5) is 17.1. The van der Waals surface area contributed by atoms with Crippen LogP contribution in [0.1, 0.15) is 11.3 Å². The number of phenolic OH excluding ortho intramolecular Hbond substituents is 1. The summed E-state index contributed by atoms with van der Waals surface area (Å²) in [6, 6.07) is 16.6. The summed E-state index contributed by atoms with van der Waals surface area (Å²) < 4.78 is 6.84. The van der Waals surface area contributed by atoms with E-state index in [1.165, 1.54) is 11.8 Å². The predicted molar refractivity (Wildman–Crippen MR) is 115 cm³/mol. The van der Waals surface area contributed by atoms with Gasteiger partial charge in [0.15, 0.2) is 5.17 Å². The summed E-state index contributed by atoms with van der Waals surface area (Å²) >= 11 is 4.61. The lowest BCUT2D eigenvalue weighted by molar-refractivity contribution is -0.115. The van der Waals surface area contributed by atoms with E-state index in [4.69, 9.17) is 4.42 Å². The van der Waals surface area contributed by atoms with E-state index >= 15 is 0 Å². The first-order chi connectivity index (χ1) is 13.5. The van der Waals surface area contributed by atoms with E-state index in [1.54, 1.807) is 24.3 Å². The molecule has 0 saturated carbocycles. The molecule has 0 aliphatic carbocycles. The maximum Gasteiger partial charge on any atom is 0.264 e. The van der Waals surface area contributed by atoms with Crippen molar-refractivity contribution in [2.24, 2.45) is 4.99 Å². The van der Waals surface area contributed by atoms with Crippen molar-refractivity contribution in [2.45, 2.75) is 6.92 Å². The molecule has 1 fully saturated rings. The van der Waals surface area contributed by atoms with Crippen LogP contribution >= 0.6 is 27.7 Å². The van der Waals surface area contributed by atoms with Crippen LogP contribution in [-0.4, -0.2) is 16.2 Å². The second-order valence-electron chi connectivity index (χ2n) is 6.18. The van der Waals surface area contributed by atoms with Gasteiger partial charge in [0, 0.05) is 16.1 Å². The lowest BCUT2D eigenvalue weighted by Gasteiger charge is -2.01. The Morgan fingerprint density at radius 1 is 1.14 bits per heavy atom. The standard InChI is InChI=1S/C21H15BrN2O3S/c1-12-2-8-17(25)16(10-12)23-21-24-20(26)19(28-21)11-15-7-9-18(27-15)13-3-5-14(22)6-4-13/h2-11,25H,1H3,(H,23,24,26)/b19-11+. The normalized spacial score (nSPS) is 16.7. The number of carbonyl (C=O) groups excluding carboxylic acids is 1. The van der Waals surface area contributed by atoms with Gasteiger partial charge in [0.2, 0.25) is 0 Å². The van der Waals surface area contributed by atoms with Crippen LogP contribution in [0.3, 0.4) is 0 Å². The van der Waals surface area contributed by atoms with Crippen molar-refractivity contribution < 1.29 is 14.3 Å². The Kier molecular flexibility index (Phi) is 5.11. The fourth-order valence-electron chi connectivity index (χ4n) is 2.64. The number of aryl methyl sites for hydroxylation is 1. The number of aliphatic imine (C=N–C) groups is 1. The SMILES string of the molecule is Cc1ccc(O)c(N=C2NC(=O)/C(=C\c3ccc(-c4ccc(Br)cc4)o3)S2)c1. The molecule has 1 saturated heterocycles. The number of nitrogens with zero attached hydrogens (tertiary/aromatic N) is 1. The predicted octanol–water partition coefficient (Wildman–Crippen LogP) is 5.61. The van der Waals surface area contributed by atoms with Crippen LogP contribution in [-0.2, 0) is 4.79 Å². The number of hydrogen-bond donors (Lipinski definition) is 2. The van der Waals surface area contributed by atoms with Gasteiger partial charge in [0.05, 0.1) is 4.91 Å². The lowest BCUT2D eigenvalue weighted by Crippen LogP contribution is -2.19. The van der Waals surface area contributed by atoms with Crippen molar-refractivity contribution in [1.29, 1.82) is 0 Å². The molecule has 0 bridgehead atoms. The zero-order chi connectivity index (χ0) is 19.7. The number of amidine groups is 1. The van der Waals surface area contributed by atoms with Gasteiger partial charge < -0.3 is 14.8 Å². The number of benzene rings is 2. The maximum absolute atomic E-state index is 12.3. The molecule has 140 valence electrons. The number of amides is 1. The van der Waals surface area contributed by atoms with E-state index in [-0.39, 0.29) is 11.7 Å². The van der Waals surface area contributed by atoms with Gasteiger partial charge in [-0.25, -0.2) is 4.99 Å². The number of rotatable bonds is 3. The molecule has 0 spiro atoms. The first-order valence-electron chi connectivity index (χ1n) is 8.43. The van der Waals surface area contributed by atoms with Gasteiger partial charge in [-0.15, -0.1) is 0 Å². The van der Waals surface area contributed by atoms with E-state index in [0.29, 0.717) is 21.5 Å². The molecule has 3 aromatic rings. The molecule has 7 heteroatoms. The number of furan rings is 1. The van der Waals surface area contributed by atoms with Gasteiger partial charge in [-0.3, -0.25) is 4.79 Å². The zero-order valence-corrected chi connectivity index (χ0v) is 17.2. The van der Waals surface area contributed by atoms with Crippen LogP contribution in [0.4, 0.5) is 5.69 Å². The summed E-state index contributed by atoms with van der Waals surface area (Å²) in [5.41, 5.74) is 2.34. The van der Waals surface area contributed by atoms with Crippen LogP contribution in [0.5, 0.6) is 5.75 Å². The van der Waals surface area contributed by atoms with Crippen molar-refractivity contribution in [3.05, 3.63) is 75.3 Å². The highest BCUT2D eigenvalue weighted by Gasteiger charge is 2.24. The van der Waals surface area contributed by atoms with E-state index < -0.39 is 0 Å². The average Bonchev–Trinajstić information content (AvgIpc) is 3.26. The summed E-state index contributed by atoms with van der Waals surface area (Å²) in [5.74, 6) is 1.12. The molecule has 4 rings (SSSR count). The molecular weight excluding hydrogens is 440 g/mol. The summed E-state index contributed by atoms with van der Waals surface area (Å²) in [6.07, 6.45) is 1.68. The van der Waals surface area contributed by atoms with Gasteiger partial charge in [0.1, 0.15) is 23.0 Å². The molecule has 0 unspecified atom stereocenters. The first kappa shape index (κ1) is 18.6. The Morgan fingerprint density at radius 2 is 1.93 bits per heavy atom. The second-order valence-corrected chi connectivity index (χ2v) is 8.13. The zero-order valence-electron chi connectivity index (χ0n) is 14.8. The molecule has 2 aromatic carbocycles. The Balaban J connectivity index is 1.56. The van der Waals surface area contributed by atoms with Crippen LogP contribution in [0.2, 0.25) is 0 Å². The van der Waals surface area contributed by atoms with Crippen LogP contribution < -0.4 is 5.32 Å². The summed E-state index contributed by atoms with van der Waals surface area (Å²) in [6.45, 7) is 1.91. The molecule has 2 N–H and O–H groups in total. The van der Waals surface area contributed by atoms with Crippen LogP contribution in [0.25, 0.3) is 17.4 Å². The molecule has 5 nitrogen and oxygen atoms in total. The Bertz CT molecular complexity index is 1120. The molecule has 0 atom stereocenters. The minimum Gasteiger partial charge on any atom is -0.506 e. The number of nitrogens with one attached hydrogen (secondary N) is 1. The maximum atomic E-state index is 12.3. The first-order valence-corrected chi connectivity index (χ1v) is 10.0. The number of phenols is 1. The third kappa shape index (κ3) is 4.05. The molecule has 1 aliphatic rings. The van der Waals surface area contributed by atoms with Crippen molar-refractivity contribution in [2.75, 3.05) is 0 Å². The molecule has 1 aromatic heterocycles. The Labute approximate surface area is 174 Å². The minimum atomic E-state index is -0.252. The number of carbonyl (C=O) groups is 1.